The van der Waals surface area contributed by atoms with Gasteiger partial charge in [-0.25, -0.2) is 15.0 Å². The van der Waals surface area contributed by atoms with Crippen LogP contribution in [0, 0.1) is 0 Å². The van der Waals surface area contributed by atoms with Crippen molar-refractivity contribution in [2.75, 3.05) is 5.32 Å². The molecule has 6 heteroatoms. The van der Waals surface area contributed by atoms with E-state index in [1.165, 1.54) is 12.7 Å². The van der Waals surface area contributed by atoms with Crippen LogP contribution >= 0.6 is 11.6 Å². The molecule has 0 saturated heterocycles. The molecule has 1 atom stereocenters. The molecule has 1 aromatic rings. The van der Waals surface area contributed by atoms with Crippen molar-refractivity contribution in [3.63, 3.8) is 0 Å². The molecule has 2 aliphatic rings. The van der Waals surface area contributed by atoms with Crippen LogP contribution in [0.3, 0.4) is 0 Å². The first-order valence-electron chi connectivity index (χ1n) is 5.05. The molecule has 1 aromatic carbocycles. The number of amidine groups is 2. The summed E-state index contributed by atoms with van der Waals surface area (Å²) in [7, 11) is 0. The van der Waals surface area contributed by atoms with Crippen molar-refractivity contribution in [3.8, 4) is 0 Å². The predicted octanol–water partition coefficient (Wildman–Crippen LogP) is 2.00. The molecule has 0 fully saturated rings. The molecular weight excluding hydrogens is 238 g/mol. The number of hydrogen-bond acceptors (Lipinski definition) is 5. The Morgan fingerprint density at radius 3 is 3.00 bits per heavy atom. The van der Waals surface area contributed by atoms with E-state index < -0.39 is 0 Å². The number of anilines is 1. The lowest BCUT2D eigenvalue weighted by atomic mass is 10.2. The summed E-state index contributed by atoms with van der Waals surface area (Å²) in [4.78, 5) is 16.5. The van der Waals surface area contributed by atoms with Gasteiger partial charge in [-0.05, 0) is 18.2 Å². The Morgan fingerprint density at radius 1 is 1.18 bits per heavy atom. The summed E-state index contributed by atoms with van der Waals surface area (Å²) in [5.74, 6) is 1.36. The summed E-state index contributed by atoms with van der Waals surface area (Å²) in [6.07, 6.45) is 2.97. The molecule has 3 rings (SSSR count). The average molecular weight is 246 g/mol. The highest BCUT2D eigenvalue weighted by Crippen LogP contribution is 2.17. The van der Waals surface area contributed by atoms with Gasteiger partial charge in [-0.3, -0.25) is 4.99 Å². The summed E-state index contributed by atoms with van der Waals surface area (Å²) in [6.45, 7) is 0. The van der Waals surface area contributed by atoms with Crippen molar-refractivity contribution in [3.05, 3.63) is 29.3 Å². The van der Waals surface area contributed by atoms with Crippen molar-refractivity contribution < 1.29 is 0 Å². The minimum atomic E-state index is -0.223. The minimum absolute atomic E-state index is 0.223. The lowest BCUT2D eigenvalue weighted by Gasteiger charge is -2.15. The third kappa shape index (κ3) is 1.97. The number of aliphatic imine (C=N–C) groups is 4. The van der Waals surface area contributed by atoms with E-state index in [0.29, 0.717) is 16.7 Å². The van der Waals surface area contributed by atoms with E-state index in [1.54, 1.807) is 0 Å². The van der Waals surface area contributed by atoms with Gasteiger partial charge in [0.05, 0.1) is 0 Å². The number of nitrogens with zero attached hydrogens (tertiary/aromatic N) is 4. The maximum absolute atomic E-state index is 5.91. The van der Waals surface area contributed by atoms with Crippen LogP contribution in [0.2, 0.25) is 5.02 Å². The zero-order valence-corrected chi connectivity index (χ0v) is 9.46. The smallest absolute Gasteiger partial charge is 0.169 e. The van der Waals surface area contributed by atoms with Crippen LogP contribution in [-0.4, -0.2) is 30.4 Å². The first-order chi connectivity index (χ1) is 8.33. The van der Waals surface area contributed by atoms with E-state index in [4.69, 9.17) is 11.6 Å². The molecule has 0 aromatic heterocycles. The van der Waals surface area contributed by atoms with Gasteiger partial charge in [0.1, 0.15) is 18.5 Å². The normalized spacial score (nSPS) is 20.9. The number of hydrogen-bond donors (Lipinski definition) is 1. The second-order valence-corrected chi connectivity index (χ2v) is 3.99. The molecule has 17 heavy (non-hydrogen) atoms. The SMILES string of the molecule is Clc1cccc(NC2=NC=NC3=NC=N[C@@H]32)c1. The van der Waals surface area contributed by atoms with Gasteiger partial charge >= 0.3 is 0 Å². The fourth-order valence-corrected chi connectivity index (χ4v) is 1.82. The molecule has 84 valence electrons. The highest BCUT2D eigenvalue weighted by atomic mass is 35.5. The number of benzene rings is 1. The van der Waals surface area contributed by atoms with Crippen LogP contribution in [0.15, 0.2) is 44.2 Å². The third-order valence-corrected chi connectivity index (χ3v) is 2.63. The molecule has 0 radical (unpaired) electrons. The second-order valence-electron chi connectivity index (χ2n) is 3.55. The van der Waals surface area contributed by atoms with E-state index in [9.17, 15) is 0 Å². The van der Waals surface area contributed by atoms with E-state index in [1.807, 2.05) is 24.3 Å². The highest BCUT2D eigenvalue weighted by Gasteiger charge is 2.26. The summed E-state index contributed by atoms with van der Waals surface area (Å²) in [6, 6.07) is 7.20. The fraction of sp³-hybridized carbons (Fsp3) is 0.0909. The maximum Gasteiger partial charge on any atom is 0.169 e. The molecule has 0 aliphatic carbocycles. The van der Waals surface area contributed by atoms with Gasteiger partial charge < -0.3 is 5.32 Å². The van der Waals surface area contributed by atoms with Crippen molar-refractivity contribution in [2.45, 2.75) is 6.04 Å². The number of halogens is 1. The summed E-state index contributed by atoms with van der Waals surface area (Å²) < 4.78 is 0. The Bertz CT molecular complexity index is 573. The van der Waals surface area contributed by atoms with Crippen LogP contribution in [0.1, 0.15) is 0 Å². The third-order valence-electron chi connectivity index (χ3n) is 2.39. The van der Waals surface area contributed by atoms with E-state index in [0.717, 1.165) is 5.69 Å². The Balaban J connectivity index is 1.86. The molecule has 1 N–H and O–H groups in total. The molecular formula is C11H8ClN5. The van der Waals surface area contributed by atoms with Gasteiger partial charge in [0, 0.05) is 10.7 Å². The van der Waals surface area contributed by atoms with Gasteiger partial charge in [0.25, 0.3) is 0 Å². The van der Waals surface area contributed by atoms with E-state index in [-0.39, 0.29) is 6.04 Å². The molecule has 0 spiro atoms. The van der Waals surface area contributed by atoms with Gasteiger partial charge in [-0.1, -0.05) is 17.7 Å². The van der Waals surface area contributed by atoms with Crippen LogP contribution in [-0.2, 0) is 0 Å². The molecule has 2 aliphatic heterocycles. The number of nitrogens with one attached hydrogen (secondary N) is 1. The Kier molecular flexibility index (Phi) is 2.45. The Hall–Kier alpha value is -2.01. The van der Waals surface area contributed by atoms with Crippen molar-refractivity contribution >= 4 is 41.6 Å². The summed E-state index contributed by atoms with van der Waals surface area (Å²) >= 11 is 5.91. The van der Waals surface area contributed by atoms with Gasteiger partial charge in [0.15, 0.2) is 11.9 Å². The van der Waals surface area contributed by atoms with Crippen molar-refractivity contribution in [1.29, 1.82) is 0 Å². The molecule has 5 nitrogen and oxygen atoms in total. The first-order valence-corrected chi connectivity index (χ1v) is 5.43. The number of rotatable bonds is 1. The zero-order valence-electron chi connectivity index (χ0n) is 8.71. The Labute approximate surface area is 103 Å². The lowest BCUT2D eigenvalue weighted by Crippen LogP contribution is -2.33. The fourth-order valence-electron chi connectivity index (χ4n) is 1.63. The van der Waals surface area contributed by atoms with E-state index >= 15 is 0 Å². The van der Waals surface area contributed by atoms with Gasteiger partial charge in [0.2, 0.25) is 0 Å². The largest absolute Gasteiger partial charge is 0.341 e. The van der Waals surface area contributed by atoms with Gasteiger partial charge in [-0.15, -0.1) is 0 Å². The quantitative estimate of drug-likeness (QED) is 0.808. The topological polar surface area (TPSA) is 61.5 Å². The van der Waals surface area contributed by atoms with Crippen molar-refractivity contribution in [2.24, 2.45) is 20.0 Å². The maximum atomic E-state index is 5.91. The first kappa shape index (κ1) is 10.2. The minimum Gasteiger partial charge on any atom is -0.341 e. The van der Waals surface area contributed by atoms with Crippen molar-refractivity contribution in [1.82, 2.24) is 0 Å². The van der Waals surface area contributed by atoms with Crippen LogP contribution < -0.4 is 5.32 Å². The second kappa shape index (κ2) is 4.10. The summed E-state index contributed by atoms with van der Waals surface area (Å²) in [5.41, 5.74) is 0.869. The zero-order chi connectivity index (χ0) is 11.7. The Morgan fingerprint density at radius 2 is 2.12 bits per heavy atom. The number of fused-ring (bicyclic) bond motifs is 1. The monoisotopic (exact) mass is 245 g/mol. The van der Waals surface area contributed by atoms with Gasteiger partial charge in [-0.2, -0.15) is 0 Å². The molecule has 0 saturated carbocycles. The average Bonchev–Trinajstić information content (AvgIpc) is 2.78. The molecule has 0 unspecified atom stereocenters. The van der Waals surface area contributed by atoms with Crippen LogP contribution in [0.25, 0.3) is 0 Å². The van der Waals surface area contributed by atoms with E-state index in [2.05, 4.69) is 25.3 Å². The van der Waals surface area contributed by atoms with Crippen LogP contribution in [0.5, 0.6) is 0 Å². The molecule has 0 amide bonds. The molecule has 0 bridgehead atoms. The lowest BCUT2D eigenvalue weighted by molar-refractivity contribution is 1.13. The highest BCUT2D eigenvalue weighted by molar-refractivity contribution is 6.31. The molecule has 2 heterocycles. The standard InChI is InChI=1S/C11H8ClN5/c12-7-2-1-3-8(4-7)17-11-9-10(14-5-13-9)15-6-16-11/h1-6,9H,(H,13,14,15,16,17)/t9-/m0/s1. The van der Waals surface area contributed by atoms with Crippen LogP contribution in [0.4, 0.5) is 5.69 Å². The predicted molar refractivity (Wildman–Crippen MR) is 70.7 cm³/mol. The summed E-state index contributed by atoms with van der Waals surface area (Å²) in [5, 5.41) is 3.84.